The standard InChI is InChI=1S/C15H15F2N/c1-9-3-5-12(10(2)7-9)13-6-4-11(18)8-14(13)15(16)17/h3-8,15H,18H2,1-2H3. The van der Waals surface area contributed by atoms with Gasteiger partial charge in [0.05, 0.1) is 0 Å². The maximum atomic E-state index is 13.0. The SMILES string of the molecule is Cc1ccc(-c2ccc(N)cc2C(F)F)c(C)c1. The van der Waals surface area contributed by atoms with Crippen molar-refractivity contribution in [1.82, 2.24) is 0 Å². The molecule has 3 heteroatoms. The second-order valence-electron chi connectivity index (χ2n) is 4.47. The van der Waals surface area contributed by atoms with E-state index in [1.165, 1.54) is 6.07 Å². The minimum absolute atomic E-state index is 0.0121. The van der Waals surface area contributed by atoms with Crippen LogP contribution in [0.3, 0.4) is 0 Å². The molecular weight excluding hydrogens is 232 g/mol. The third-order valence-electron chi connectivity index (χ3n) is 2.98. The Hall–Kier alpha value is -1.90. The van der Waals surface area contributed by atoms with E-state index in [-0.39, 0.29) is 5.56 Å². The maximum absolute atomic E-state index is 13.0. The zero-order valence-electron chi connectivity index (χ0n) is 10.4. The van der Waals surface area contributed by atoms with E-state index in [0.29, 0.717) is 11.3 Å². The van der Waals surface area contributed by atoms with E-state index in [1.54, 1.807) is 12.1 Å². The summed E-state index contributed by atoms with van der Waals surface area (Å²) in [5, 5.41) is 0. The van der Waals surface area contributed by atoms with Gasteiger partial charge >= 0.3 is 0 Å². The van der Waals surface area contributed by atoms with Crippen LogP contribution in [0, 0.1) is 13.8 Å². The number of hydrogen-bond donors (Lipinski definition) is 1. The van der Waals surface area contributed by atoms with Gasteiger partial charge in [0.25, 0.3) is 6.43 Å². The highest BCUT2D eigenvalue weighted by Crippen LogP contribution is 2.34. The van der Waals surface area contributed by atoms with Crippen molar-refractivity contribution in [1.29, 1.82) is 0 Å². The van der Waals surface area contributed by atoms with Gasteiger partial charge in [-0.25, -0.2) is 8.78 Å². The van der Waals surface area contributed by atoms with Crippen LogP contribution in [0.2, 0.25) is 0 Å². The zero-order valence-corrected chi connectivity index (χ0v) is 10.4. The van der Waals surface area contributed by atoms with E-state index in [9.17, 15) is 8.78 Å². The molecule has 0 amide bonds. The molecule has 94 valence electrons. The van der Waals surface area contributed by atoms with Crippen LogP contribution in [0.5, 0.6) is 0 Å². The Bertz CT molecular complexity index is 577. The summed E-state index contributed by atoms with van der Waals surface area (Å²) in [5.74, 6) is 0. The van der Waals surface area contributed by atoms with Crippen molar-refractivity contribution in [2.45, 2.75) is 20.3 Å². The molecule has 0 radical (unpaired) electrons. The number of alkyl halides is 2. The van der Waals surface area contributed by atoms with Crippen LogP contribution in [0.4, 0.5) is 14.5 Å². The second-order valence-corrected chi connectivity index (χ2v) is 4.47. The van der Waals surface area contributed by atoms with Crippen LogP contribution in [0.15, 0.2) is 36.4 Å². The summed E-state index contributed by atoms with van der Waals surface area (Å²) in [6.45, 7) is 3.90. The first-order chi connectivity index (χ1) is 8.49. The number of aryl methyl sites for hydroxylation is 2. The molecule has 1 nitrogen and oxygen atoms in total. The Balaban J connectivity index is 2.63. The van der Waals surface area contributed by atoms with E-state index in [2.05, 4.69) is 0 Å². The molecule has 0 aliphatic rings. The quantitative estimate of drug-likeness (QED) is 0.777. The van der Waals surface area contributed by atoms with Gasteiger partial charge in [-0.15, -0.1) is 0 Å². The van der Waals surface area contributed by atoms with Crippen LogP contribution in [-0.2, 0) is 0 Å². The Morgan fingerprint density at radius 2 is 1.61 bits per heavy atom. The summed E-state index contributed by atoms with van der Waals surface area (Å²) < 4.78 is 26.1. The maximum Gasteiger partial charge on any atom is 0.264 e. The summed E-state index contributed by atoms with van der Waals surface area (Å²) in [4.78, 5) is 0. The van der Waals surface area contributed by atoms with Crippen molar-refractivity contribution in [3.05, 3.63) is 53.1 Å². The molecular formula is C15H15F2N. The molecule has 0 bridgehead atoms. The summed E-state index contributed by atoms with van der Waals surface area (Å²) >= 11 is 0. The molecule has 2 N–H and O–H groups in total. The Kier molecular flexibility index (Phi) is 3.32. The number of hydrogen-bond acceptors (Lipinski definition) is 1. The number of anilines is 1. The highest BCUT2D eigenvalue weighted by molar-refractivity contribution is 5.73. The molecule has 0 spiro atoms. The lowest BCUT2D eigenvalue weighted by atomic mass is 9.94. The predicted molar refractivity (Wildman–Crippen MR) is 70.7 cm³/mol. The van der Waals surface area contributed by atoms with Gasteiger partial charge in [0, 0.05) is 11.3 Å². The Morgan fingerprint density at radius 3 is 2.22 bits per heavy atom. The van der Waals surface area contributed by atoms with Crippen LogP contribution in [0.1, 0.15) is 23.1 Å². The minimum atomic E-state index is -2.52. The first-order valence-electron chi connectivity index (χ1n) is 5.74. The van der Waals surface area contributed by atoms with Gasteiger partial charge in [0.15, 0.2) is 0 Å². The molecule has 0 saturated carbocycles. The monoisotopic (exact) mass is 247 g/mol. The Labute approximate surface area is 105 Å². The fourth-order valence-corrected chi connectivity index (χ4v) is 2.12. The fraction of sp³-hybridized carbons (Fsp3) is 0.200. The normalized spacial score (nSPS) is 10.9. The number of rotatable bonds is 2. The number of benzene rings is 2. The summed E-state index contributed by atoms with van der Waals surface area (Å²) in [7, 11) is 0. The van der Waals surface area contributed by atoms with Crippen LogP contribution in [-0.4, -0.2) is 0 Å². The summed E-state index contributed by atoms with van der Waals surface area (Å²) in [5.41, 5.74) is 9.41. The molecule has 2 aromatic rings. The van der Waals surface area contributed by atoms with Crippen molar-refractivity contribution in [2.24, 2.45) is 0 Å². The van der Waals surface area contributed by atoms with E-state index >= 15 is 0 Å². The smallest absolute Gasteiger partial charge is 0.264 e. The van der Waals surface area contributed by atoms with Crippen molar-refractivity contribution < 1.29 is 8.78 Å². The molecule has 2 aromatic carbocycles. The molecule has 0 atom stereocenters. The largest absolute Gasteiger partial charge is 0.399 e. The second kappa shape index (κ2) is 4.77. The number of nitrogen functional groups attached to an aromatic ring is 1. The van der Waals surface area contributed by atoms with Gasteiger partial charge in [0.1, 0.15) is 0 Å². The lowest BCUT2D eigenvalue weighted by Crippen LogP contribution is -1.95. The predicted octanol–water partition coefficient (Wildman–Crippen LogP) is 4.49. The van der Waals surface area contributed by atoms with Crippen molar-refractivity contribution in [3.8, 4) is 11.1 Å². The van der Waals surface area contributed by atoms with Crippen LogP contribution < -0.4 is 5.73 Å². The first kappa shape index (κ1) is 12.6. The highest BCUT2D eigenvalue weighted by Gasteiger charge is 2.15. The third-order valence-corrected chi connectivity index (χ3v) is 2.98. The van der Waals surface area contributed by atoms with Gasteiger partial charge in [-0.2, -0.15) is 0 Å². The highest BCUT2D eigenvalue weighted by atomic mass is 19.3. The van der Waals surface area contributed by atoms with Crippen LogP contribution in [0.25, 0.3) is 11.1 Å². The molecule has 0 fully saturated rings. The fourth-order valence-electron chi connectivity index (χ4n) is 2.12. The molecule has 18 heavy (non-hydrogen) atoms. The Morgan fingerprint density at radius 1 is 0.944 bits per heavy atom. The molecule has 0 heterocycles. The lowest BCUT2D eigenvalue weighted by Gasteiger charge is -2.13. The van der Waals surface area contributed by atoms with Gasteiger partial charge < -0.3 is 5.73 Å². The van der Waals surface area contributed by atoms with E-state index in [4.69, 9.17) is 5.73 Å². The van der Waals surface area contributed by atoms with E-state index in [0.717, 1.165) is 16.7 Å². The summed E-state index contributed by atoms with van der Waals surface area (Å²) in [6.07, 6.45) is -2.52. The van der Waals surface area contributed by atoms with E-state index < -0.39 is 6.43 Å². The third kappa shape index (κ3) is 2.35. The van der Waals surface area contributed by atoms with Crippen LogP contribution >= 0.6 is 0 Å². The van der Waals surface area contributed by atoms with Crippen molar-refractivity contribution >= 4 is 5.69 Å². The van der Waals surface area contributed by atoms with Gasteiger partial charge in [-0.3, -0.25) is 0 Å². The average molecular weight is 247 g/mol. The summed E-state index contributed by atoms with van der Waals surface area (Å²) in [6, 6.07) is 10.4. The molecule has 0 saturated heterocycles. The number of nitrogens with two attached hydrogens (primary N) is 1. The molecule has 0 unspecified atom stereocenters. The van der Waals surface area contributed by atoms with Gasteiger partial charge in [0.2, 0.25) is 0 Å². The number of halogens is 2. The zero-order chi connectivity index (χ0) is 13.3. The molecule has 0 aliphatic heterocycles. The minimum Gasteiger partial charge on any atom is -0.399 e. The van der Waals surface area contributed by atoms with Crippen molar-refractivity contribution in [3.63, 3.8) is 0 Å². The topological polar surface area (TPSA) is 26.0 Å². The van der Waals surface area contributed by atoms with Gasteiger partial charge in [-0.05, 0) is 42.7 Å². The molecule has 0 aromatic heterocycles. The lowest BCUT2D eigenvalue weighted by molar-refractivity contribution is 0.152. The molecule has 0 aliphatic carbocycles. The first-order valence-corrected chi connectivity index (χ1v) is 5.74. The average Bonchev–Trinajstić information content (AvgIpc) is 2.29. The van der Waals surface area contributed by atoms with E-state index in [1.807, 2.05) is 32.0 Å². The molecule has 2 rings (SSSR count). The van der Waals surface area contributed by atoms with Crippen molar-refractivity contribution in [2.75, 3.05) is 5.73 Å². The van der Waals surface area contributed by atoms with Gasteiger partial charge in [-0.1, -0.05) is 29.8 Å².